The summed E-state index contributed by atoms with van der Waals surface area (Å²) in [6, 6.07) is 19.8. The van der Waals surface area contributed by atoms with E-state index in [2.05, 4.69) is 16.2 Å². The first-order valence-electron chi connectivity index (χ1n) is 7.14. The van der Waals surface area contributed by atoms with Gasteiger partial charge in [-0.3, -0.25) is 15.6 Å². The van der Waals surface area contributed by atoms with Crippen LogP contribution in [0.5, 0.6) is 0 Å². The van der Waals surface area contributed by atoms with Crippen molar-refractivity contribution in [3.05, 3.63) is 71.8 Å². The SMILES string of the molecule is O=C(CCc1ccccc1)NNC(=S)NCc1ccccc1. The van der Waals surface area contributed by atoms with Crippen molar-refractivity contribution in [3.63, 3.8) is 0 Å². The molecule has 114 valence electrons. The normalized spacial score (nSPS) is 9.82. The first-order valence-corrected chi connectivity index (χ1v) is 7.55. The molecule has 2 aromatic carbocycles. The lowest BCUT2D eigenvalue weighted by atomic mass is 10.1. The maximum Gasteiger partial charge on any atom is 0.238 e. The van der Waals surface area contributed by atoms with Crippen LogP contribution in [0.4, 0.5) is 0 Å². The van der Waals surface area contributed by atoms with Crippen LogP contribution < -0.4 is 16.2 Å². The summed E-state index contributed by atoms with van der Waals surface area (Å²) in [5.74, 6) is -0.0901. The zero-order valence-electron chi connectivity index (χ0n) is 12.2. The lowest BCUT2D eigenvalue weighted by Crippen LogP contribution is -2.46. The highest BCUT2D eigenvalue weighted by Gasteiger charge is 2.02. The number of benzene rings is 2. The monoisotopic (exact) mass is 313 g/mol. The second kappa shape index (κ2) is 8.79. The zero-order chi connectivity index (χ0) is 15.6. The van der Waals surface area contributed by atoms with E-state index in [9.17, 15) is 4.79 Å². The highest BCUT2D eigenvalue weighted by atomic mass is 32.1. The Bertz CT molecular complexity index is 546. The van der Waals surface area contributed by atoms with Crippen LogP contribution in [0.15, 0.2) is 60.7 Å². The molecule has 3 N–H and O–H groups in total. The summed E-state index contributed by atoms with van der Waals surface area (Å²) in [7, 11) is 0. The van der Waals surface area contributed by atoms with Gasteiger partial charge in [0.05, 0.1) is 0 Å². The van der Waals surface area contributed by atoms with Gasteiger partial charge in [-0.15, -0.1) is 0 Å². The van der Waals surface area contributed by atoms with Crippen molar-refractivity contribution >= 4 is 23.2 Å². The lowest BCUT2D eigenvalue weighted by Gasteiger charge is -2.11. The molecule has 4 nitrogen and oxygen atoms in total. The minimum absolute atomic E-state index is 0.0901. The smallest absolute Gasteiger partial charge is 0.238 e. The molecule has 0 aromatic heterocycles. The molecule has 0 saturated heterocycles. The van der Waals surface area contributed by atoms with Crippen molar-refractivity contribution in [3.8, 4) is 0 Å². The van der Waals surface area contributed by atoms with E-state index in [1.165, 1.54) is 0 Å². The van der Waals surface area contributed by atoms with Crippen molar-refractivity contribution < 1.29 is 4.79 Å². The average Bonchev–Trinajstić information content (AvgIpc) is 2.58. The Labute approximate surface area is 135 Å². The molecule has 0 heterocycles. The van der Waals surface area contributed by atoms with E-state index in [-0.39, 0.29) is 5.91 Å². The molecule has 22 heavy (non-hydrogen) atoms. The number of amides is 1. The third kappa shape index (κ3) is 5.93. The van der Waals surface area contributed by atoms with Crippen LogP contribution in [0.25, 0.3) is 0 Å². The fourth-order valence-electron chi connectivity index (χ4n) is 1.91. The predicted molar refractivity (Wildman–Crippen MR) is 91.9 cm³/mol. The van der Waals surface area contributed by atoms with Crippen LogP contribution >= 0.6 is 12.2 Å². The van der Waals surface area contributed by atoms with Gasteiger partial charge in [0.25, 0.3) is 0 Å². The van der Waals surface area contributed by atoms with E-state index in [1.54, 1.807) is 0 Å². The molecule has 0 radical (unpaired) electrons. The Balaban J connectivity index is 1.62. The van der Waals surface area contributed by atoms with Gasteiger partial charge in [0.15, 0.2) is 5.11 Å². The summed E-state index contributed by atoms with van der Waals surface area (Å²) in [5, 5.41) is 3.43. The molecule has 1 amide bonds. The number of rotatable bonds is 5. The van der Waals surface area contributed by atoms with E-state index >= 15 is 0 Å². The van der Waals surface area contributed by atoms with E-state index in [4.69, 9.17) is 12.2 Å². The summed E-state index contributed by atoms with van der Waals surface area (Å²) in [4.78, 5) is 11.7. The molecule has 0 unspecified atom stereocenters. The van der Waals surface area contributed by atoms with Crippen LogP contribution in [0, 0.1) is 0 Å². The average molecular weight is 313 g/mol. The molecule has 0 atom stereocenters. The Hall–Kier alpha value is -2.40. The van der Waals surface area contributed by atoms with Crippen molar-refractivity contribution in [1.82, 2.24) is 16.2 Å². The fourth-order valence-corrected chi connectivity index (χ4v) is 2.04. The van der Waals surface area contributed by atoms with Crippen molar-refractivity contribution in [1.29, 1.82) is 0 Å². The van der Waals surface area contributed by atoms with Crippen molar-refractivity contribution in [2.45, 2.75) is 19.4 Å². The van der Waals surface area contributed by atoms with E-state index in [0.717, 1.165) is 11.1 Å². The van der Waals surface area contributed by atoms with Gasteiger partial charge in [-0.1, -0.05) is 60.7 Å². The minimum atomic E-state index is -0.0901. The Kier molecular flexibility index (Phi) is 6.39. The Morgan fingerprint density at radius 3 is 2.09 bits per heavy atom. The third-order valence-corrected chi connectivity index (χ3v) is 3.34. The van der Waals surface area contributed by atoms with E-state index in [0.29, 0.717) is 24.5 Å². The molecular formula is C17H19N3OS. The number of carbonyl (C=O) groups is 1. The molecule has 2 aromatic rings. The molecule has 2 rings (SSSR count). The highest BCUT2D eigenvalue weighted by molar-refractivity contribution is 7.80. The summed E-state index contributed by atoms with van der Waals surface area (Å²) >= 11 is 5.11. The number of thiocarbonyl (C=S) groups is 1. The Morgan fingerprint density at radius 1 is 0.864 bits per heavy atom. The van der Waals surface area contributed by atoms with E-state index < -0.39 is 0 Å². The van der Waals surface area contributed by atoms with Gasteiger partial charge >= 0.3 is 0 Å². The minimum Gasteiger partial charge on any atom is -0.357 e. The predicted octanol–water partition coefficient (Wildman–Crippen LogP) is 2.31. The van der Waals surface area contributed by atoms with Crippen molar-refractivity contribution in [2.75, 3.05) is 0 Å². The summed E-state index contributed by atoms with van der Waals surface area (Å²) in [6.07, 6.45) is 1.12. The first-order chi connectivity index (χ1) is 10.7. The molecule has 5 heteroatoms. The second-order valence-corrected chi connectivity index (χ2v) is 5.24. The van der Waals surface area contributed by atoms with Gasteiger partial charge in [0.2, 0.25) is 5.91 Å². The van der Waals surface area contributed by atoms with Gasteiger partial charge in [-0.25, -0.2) is 0 Å². The number of aryl methyl sites for hydroxylation is 1. The van der Waals surface area contributed by atoms with Crippen molar-refractivity contribution in [2.24, 2.45) is 0 Å². The Morgan fingerprint density at radius 2 is 1.45 bits per heavy atom. The molecule has 0 saturated carbocycles. The molecule has 0 aliphatic rings. The number of hydrogen-bond acceptors (Lipinski definition) is 2. The largest absolute Gasteiger partial charge is 0.357 e. The van der Waals surface area contributed by atoms with Crippen LogP contribution in [-0.2, 0) is 17.8 Å². The number of hydrazine groups is 1. The highest BCUT2D eigenvalue weighted by Crippen LogP contribution is 2.01. The van der Waals surface area contributed by atoms with Gasteiger partial charge in [-0.2, -0.15) is 0 Å². The second-order valence-electron chi connectivity index (χ2n) is 4.83. The number of hydrogen-bond donors (Lipinski definition) is 3. The zero-order valence-corrected chi connectivity index (χ0v) is 13.0. The molecule has 0 aliphatic heterocycles. The maximum absolute atomic E-state index is 11.7. The molecule has 0 fully saturated rings. The maximum atomic E-state index is 11.7. The molecular weight excluding hydrogens is 294 g/mol. The molecule has 0 bridgehead atoms. The molecule has 0 aliphatic carbocycles. The van der Waals surface area contributed by atoms with Crippen LogP contribution in [0.1, 0.15) is 17.5 Å². The topological polar surface area (TPSA) is 53.2 Å². The van der Waals surface area contributed by atoms with Gasteiger partial charge in [-0.05, 0) is 29.8 Å². The lowest BCUT2D eigenvalue weighted by molar-refractivity contribution is -0.121. The van der Waals surface area contributed by atoms with Crippen LogP contribution in [0.3, 0.4) is 0 Å². The summed E-state index contributed by atoms with van der Waals surface area (Å²) in [5.41, 5.74) is 7.57. The summed E-state index contributed by atoms with van der Waals surface area (Å²) in [6.45, 7) is 0.618. The number of carbonyl (C=O) groups excluding carboxylic acids is 1. The summed E-state index contributed by atoms with van der Waals surface area (Å²) < 4.78 is 0. The fraction of sp³-hybridized carbons (Fsp3) is 0.176. The molecule has 0 spiro atoms. The van der Waals surface area contributed by atoms with Crippen LogP contribution in [0.2, 0.25) is 0 Å². The first kappa shape index (κ1) is 16.0. The number of nitrogens with one attached hydrogen (secondary N) is 3. The van der Waals surface area contributed by atoms with Gasteiger partial charge < -0.3 is 5.32 Å². The van der Waals surface area contributed by atoms with Crippen LogP contribution in [-0.4, -0.2) is 11.0 Å². The van der Waals surface area contributed by atoms with E-state index in [1.807, 2.05) is 60.7 Å². The standard InChI is InChI=1S/C17H19N3OS/c21-16(12-11-14-7-3-1-4-8-14)19-20-17(22)18-13-15-9-5-2-6-10-15/h1-10H,11-13H2,(H,19,21)(H2,18,20,22). The third-order valence-electron chi connectivity index (χ3n) is 3.09. The van der Waals surface area contributed by atoms with Gasteiger partial charge in [0.1, 0.15) is 0 Å². The van der Waals surface area contributed by atoms with Gasteiger partial charge in [0, 0.05) is 13.0 Å². The quantitative estimate of drug-likeness (QED) is 0.586.